The number of benzene rings is 9. The molecule has 6 nitrogen and oxygen atoms in total. The number of para-hydroxylation sites is 3. The first-order chi connectivity index (χ1) is 45.1. The van der Waals surface area contributed by atoms with E-state index in [1.807, 2.05) is 113 Å². The zero-order valence-corrected chi connectivity index (χ0v) is 46.2. The molecule has 13 rings (SSSR count). The molecule has 9 aromatic carbocycles. The van der Waals surface area contributed by atoms with Crippen molar-refractivity contribution in [1.29, 1.82) is 0 Å². The van der Waals surface area contributed by atoms with E-state index < -0.39 is 110 Å². The van der Waals surface area contributed by atoms with Gasteiger partial charge >= 0.3 is 416 Å². The first-order valence-electron chi connectivity index (χ1n) is 34.3. The molecular weight excluding hydrogens is 1140 g/mol. The molecule has 0 saturated heterocycles. The molecular formula is C71H60BN5OPt-2. The van der Waals surface area contributed by atoms with Crippen LogP contribution >= 0.6 is 0 Å². The molecule has 12 aromatic rings. The third-order valence-electron chi connectivity index (χ3n) is 14.2. The third kappa shape index (κ3) is 8.89. The third-order valence-corrected chi connectivity index (χ3v) is 15.2. The van der Waals surface area contributed by atoms with Crippen molar-refractivity contribution in [2.45, 2.75) is 67.0 Å². The average molecular weight is 1220 g/mol. The Kier molecular flexibility index (Phi) is 8.58. The number of nitrogens with zero attached hydrogens (tertiary/aromatic N) is 5. The van der Waals surface area contributed by atoms with E-state index in [0.717, 1.165) is 32.8 Å². The van der Waals surface area contributed by atoms with Gasteiger partial charge in [-0.25, -0.2) is 0 Å². The van der Waals surface area contributed by atoms with Gasteiger partial charge in [0.25, 0.3) is 0 Å². The van der Waals surface area contributed by atoms with E-state index in [9.17, 15) is 6.85 Å². The van der Waals surface area contributed by atoms with Crippen LogP contribution in [0.25, 0.3) is 77.6 Å². The molecule has 0 amide bonds. The quantitative estimate of drug-likeness (QED) is 0.101. The van der Waals surface area contributed by atoms with Gasteiger partial charge in [0.05, 0.1) is 1.37 Å². The summed E-state index contributed by atoms with van der Waals surface area (Å²) in [5.74, 6) is -0.657. The van der Waals surface area contributed by atoms with E-state index in [2.05, 4.69) is 56.7 Å². The van der Waals surface area contributed by atoms with Gasteiger partial charge in [0.1, 0.15) is 0 Å². The van der Waals surface area contributed by atoms with Crippen LogP contribution in [0, 0.1) is 35.1 Å². The van der Waals surface area contributed by atoms with Crippen molar-refractivity contribution >= 4 is 56.8 Å². The second kappa shape index (κ2) is 19.6. The van der Waals surface area contributed by atoms with E-state index in [0.29, 0.717) is 37.3 Å². The Bertz CT molecular complexity index is 5270. The fourth-order valence-corrected chi connectivity index (χ4v) is 11.9. The number of aromatic nitrogens is 4. The minimum atomic E-state index is -3.14. The van der Waals surface area contributed by atoms with E-state index in [-0.39, 0.29) is 44.7 Å². The van der Waals surface area contributed by atoms with Gasteiger partial charge in [-0.1, -0.05) is 48.5 Å². The number of hydrogen-bond acceptors (Lipinski definition) is 3. The van der Waals surface area contributed by atoms with Crippen LogP contribution in [0.15, 0.2) is 206 Å². The summed E-state index contributed by atoms with van der Waals surface area (Å²) in [6.07, 6.45) is -2.08. The Morgan fingerprint density at radius 3 is 2.11 bits per heavy atom. The molecule has 0 spiro atoms. The molecule has 0 N–H and O–H groups in total. The molecule has 0 saturated carbocycles. The normalized spacial score (nSPS) is 16.2. The number of fused-ring (bicyclic) bond motifs is 4. The molecule has 1 aliphatic rings. The predicted molar refractivity (Wildman–Crippen MR) is 324 cm³/mol. The Labute approximate surface area is 498 Å². The van der Waals surface area contributed by atoms with Gasteiger partial charge in [-0.2, -0.15) is 12.1 Å². The van der Waals surface area contributed by atoms with Crippen LogP contribution in [0.5, 0.6) is 11.6 Å². The maximum atomic E-state index is 9.77. The number of rotatable bonds is 10. The molecule has 8 heteroatoms. The van der Waals surface area contributed by atoms with Crippen LogP contribution in [-0.4, -0.2) is 25.6 Å². The fraction of sp³-hybridized carbons (Fsp3) is 0.155. The van der Waals surface area contributed by atoms with Crippen molar-refractivity contribution in [3.63, 3.8) is 0 Å². The number of hydrogen-bond donors (Lipinski definition) is 0. The Hall–Kier alpha value is -8.25. The van der Waals surface area contributed by atoms with Gasteiger partial charge in [0, 0.05) is 5.52 Å². The van der Waals surface area contributed by atoms with Gasteiger partial charge in [0.2, 0.25) is 0 Å². The summed E-state index contributed by atoms with van der Waals surface area (Å²) in [5, 5.41) is 1.92. The van der Waals surface area contributed by atoms with E-state index in [4.69, 9.17) is 26.2 Å². The summed E-state index contributed by atoms with van der Waals surface area (Å²) < 4.78 is 168. The second-order valence-corrected chi connectivity index (χ2v) is 22.6. The standard InChI is InChI=1S/C71H60BN5O.Pt/c1-47-23-15-16-30-55(47)58-39-40-66(76-64-36-22-32-57-56-31-17-18-33-61(56)77(68(57)64)72(76)53-28-13-10-14-29-53)73-69(58)78-65-44-54(38-37-48(65)2)74-46-75(63-35-20-19-34-62(63)74)67-59(50-24-11-9-12-25-50)41-49(45-70(3,4)5)42-60(67)51-26-21-27-52(43-51)71(6,7)8;/h9-35,37-43H,45H2,1-8H3;/q-2;/i1D3,2D3,9D,11D,12D,15D,16D,23D,24D,25D,30D,45D2;. The molecule has 3 aromatic heterocycles. The molecule has 0 fully saturated rings. The Morgan fingerprint density at radius 1 is 0.646 bits per heavy atom. The Balaban J connectivity index is 1.10. The average Bonchev–Trinajstić information content (AvgIpc) is 1.51. The van der Waals surface area contributed by atoms with Crippen molar-refractivity contribution in [3.05, 3.63) is 244 Å². The van der Waals surface area contributed by atoms with Crippen molar-refractivity contribution in [1.82, 2.24) is 18.6 Å². The molecule has 0 aliphatic carbocycles. The van der Waals surface area contributed by atoms with E-state index >= 15 is 0 Å². The van der Waals surface area contributed by atoms with Crippen molar-refractivity contribution in [2.24, 2.45) is 5.41 Å². The van der Waals surface area contributed by atoms with Crippen molar-refractivity contribution in [3.8, 4) is 56.4 Å². The predicted octanol–water partition coefficient (Wildman–Crippen LogP) is 17.3. The van der Waals surface area contributed by atoms with Crippen molar-refractivity contribution < 1.29 is 47.4 Å². The summed E-state index contributed by atoms with van der Waals surface area (Å²) in [7, 11) is 0. The van der Waals surface area contributed by atoms with Gasteiger partial charge in [-0.05, 0) is 11.5 Å². The van der Waals surface area contributed by atoms with Crippen LogP contribution in [0.3, 0.4) is 0 Å². The van der Waals surface area contributed by atoms with Crippen LogP contribution in [-0.2, 0) is 31.1 Å². The summed E-state index contributed by atoms with van der Waals surface area (Å²) in [4.78, 5) is 7.14. The number of pyridine rings is 1. The van der Waals surface area contributed by atoms with Crippen molar-refractivity contribution in [2.75, 3.05) is 4.81 Å². The van der Waals surface area contributed by atoms with Crippen LogP contribution in [0.4, 0.5) is 11.5 Å². The number of imidazole rings is 1. The minimum absolute atomic E-state index is 0.113. The van der Waals surface area contributed by atoms with Gasteiger partial charge in [-0.3, -0.25) is 0 Å². The first-order valence-corrected chi connectivity index (χ1v) is 27.0. The Morgan fingerprint density at radius 2 is 1.35 bits per heavy atom. The number of ether oxygens (including phenoxy) is 1. The number of anilines is 2. The number of aryl methyl sites for hydroxylation is 1. The molecule has 79 heavy (non-hydrogen) atoms. The fourth-order valence-electron chi connectivity index (χ4n) is 10.8. The SMILES string of the molecule is [2H]c1c([2H])c([2H])c(-c2cc(C([2H])([2H])C(C)(C)C)cc(-c3cccc(C(C)(C)C)c3)c2-n2[c](=[Pt])n(-c3[c-]c(Oc4nc(N5B(c6ccccc6)n6c7ccccc7c7cc[c-]c5c76)ccc4-c4c([2H])c([2H])c([2H])c([2H])c4C([2H])([2H])[2H])c(C([2H])([2H])[2H])cc3)c3ccccc32)c([2H])c1[2H]. The second-order valence-electron chi connectivity index (χ2n) is 21.6. The molecule has 0 atom stereocenters. The molecule has 1 aliphatic heterocycles. The van der Waals surface area contributed by atoms with Crippen LogP contribution in [0.2, 0.25) is 0 Å². The summed E-state index contributed by atoms with van der Waals surface area (Å²) in [6.45, 7) is 4.78. The van der Waals surface area contributed by atoms with E-state index in [1.165, 1.54) is 18.2 Å². The van der Waals surface area contributed by atoms with Gasteiger partial charge in [-0.15, -0.1) is 5.39 Å². The molecule has 390 valence electrons. The molecule has 0 radical (unpaired) electrons. The zero-order chi connectivity index (χ0) is 68.9. The molecule has 0 bridgehead atoms. The maximum absolute atomic E-state index is 9.77. The summed E-state index contributed by atoms with van der Waals surface area (Å²) >= 11 is 2.11. The van der Waals surface area contributed by atoms with Crippen LogP contribution in [0.1, 0.15) is 87.1 Å². The molecule has 4 heterocycles. The van der Waals surface area contributed by atoms with Gasteiger partial charge in [0.15, 0.2) is 0 Å². The first kappa shape index (κ1) is 34.6. The topological polar surface area (TPSA) is 40.1 Å². The zero-order valence-electron chi connectivity index (χ0n) is 61.0. The van der Waals surface area contributed by atoms with Gasteiger partial charge < -0.3 is 0 Å². The monoisotopic (exact) mass is 1220 g/mol. The summed E-state index contributed by atoms with van der Waals surface area (Å²) in [5.41, 5.74) is 3.60. The van der Waals surface area contributed by atoms with Crippen LogP contribution < -0.4 is 15.0 Å². The molecule has 0 unspecified atom stereocenters. The summed E-state index contributed by atoms with van der Waals surface area (Å²) in [6, 6.07) is 46.5. The van der Waals surface area contributed by atoms with E-state index in [1.54, 1.807) is 55.7 Å².